The van der Waals surface area contributed by atoms with Gasteiger partial charge in [-0.3, -0.25) is 4.98 Å². The van der Waals surface area contributed by atoms with Crippen molar-refractivity contribution in [2.75, 3.05) is 11.9 Å². The van der Waals surface area contributed by atoms with Gasteiger partial charge < -0.3 is 10.4 Å². The highest BCUT2D eigenvalue weighted by atomic mass is 16.3. The Morgan fingerprint density at radius 2 is 2.08 bits per heavy atom. The Hall–Kier alpha value is -2.73. The summed E-state index contributed by atoms with van der Waals surface area (Å²) in [4.78, 5) is 8.88. The first kappa shape index (κ1) is 16.7. The van der Waals surface area contributed by atoms with E-state index in [0.717, 1.165) is 36.2 Å². The largest absolute Gasteiger partial charge is 0.383 e. The smallest absolute Gasteiger partial charge is 0.174 e. The average molecular weight is 349 g/mol. The predicted octanol–water partition coefficient (Wildman–Crippen LogP) is 2.92. The summed E-state index contributed by atoms with van der Waals surface area (Å²) in [6, 6.07) is 10.1. The maximum Gasteiger partial charge on any atom is 0.174 e. The number of nitrogens with one attached hydrogen (secondary N) is 1. The first-order valence-corrected chi connectivity index (χ1v) is 8.95. The average Bonchev–Trinajstić information content (AvgIpc) is 2.99. The standard InChI is InChI=1S/C20H23N5O/c1-14-10-15(2)25(24-14)19-12-21-11-18(23-19)22-13-20(26)9-5-7-16-6-3-4-8-17(16)20/h3-4,6,8,10-12,26H,5,7,9,13H2,1-2H3,(H,22,23). The van der Waals surface area contributed by atoms with Crippen molar-refractivity contribution in [3.05, 3.63) is 65.2 Å². The summed E-state index contributed by atoms with van der Waals surface area (Å²) < 4.78 is 1.78. The van der Waals surface area contributed by atoms with Gasteiger partial charge in [0.1, 0.15) is 11.4 Å². The molecule has 26 heavy (non-hydrogen) atoms. The van der Waals surface area contributed by atoms with Crippen molar-refractivity contribution in [2.45, 2.75) is 38.7 Å². The molecule has 0 fully saturated rings. The van der Waals surface area contributed by atoms with E-state index in [1.165, 1.54) is 5.56 Å². The molecule has 1 aliphatic rings. The minimum atomic E-state index is -0.884. The fourth-order valence-corrected chi connectivity index (χ4v) is 3.72. The number of aromatic nitrogens is 4. The van der Waals surface area contributed by atoms with Crippen LogP contribution < -0.4 is 5.32 Å². The fourth-order valence-electron chi connectivity index (χ4n) is 3.72. The molecule has 0 spiro atoms. The molecule has 2 heterocycles. The molecule has 1 unspecified atom stereocenters. The van der Waals surface area contributed by atoms with Crippen molar-refractivity contribution in [2.24, 2.45) is 0 Å². The van der Waals surface area contributed by atoms with Gasteiger partial charge in [0, 0.05) is 12.2 Å². The third kappa shape index (κ3) is 3.08. The van der Waals surface area contributed by atoms with Crippen LogP contribution in [0, 0.1) is 13.8 Å². The second-order valence-electron chi connectivity index (χ2n) is 7.00. The second-order valence-corrected chi connectivity index (χ2v) is 7.00. The van der Waals surface area contributed by atoms with Crippen LogP contribution in [0.5, 0.6) is 0 Å². The summed E-state index contributed by atoms with van der Waals surface area (Å²) in [5.41, 5.74) is 3.31. The highest BCUT2D eigenvalue weighted by Crippen LogP contribution is 2.35. The fraction of sp³-hybridized carbons (Fsp3) is 0.350. The topological polar surface area (TPSA) is 75.9 Å². The van der Waals surface area contributed by atoms with Gasteiger partial charge in [0.2, 0.25) is 0 Å². The number of fused-ring (bicyclic) bond motifs is 1. The summed E-state index contributed by atoms with van der Waals surface area (Å²) in [6.07, 6.45) is 6.10. The van der Waals surface area contributed by atoms with Crippen LogP contribution in [0.15, 0.2) is 42.7 Å². The van der Waals surface area contributed by atoms with Gasteiger partial charge in [-0.25, -0.2) is 9.67 Å². The monoisotopic (exact) mass is 349 g/mol. The maximum absolute atomic E-state index is 11.2. The number of rotatable bonds is 4. The van der Waals surface area contributed by atoms with Crippen LogP contribution in [0.1, 0.15) is 35.4 Å². The third-order valence-electron chi connectivity index (χ3n) is 4.97. The zero-order chi connectivity index (χ0) is 18.1. The predicted molar refractivity (Wildman–Crippen MR) is 100 cm³/mol. The van der Waals surface area contributed by atoms with Crippen molar-refractivity contribution in [3.63, 3.8) is 0 Å². The van der Waals surface area contributed by atoms with Crippen LogP contribution in [-0.4, -0.2) is 31.4 Å². The van der Waals surface area contributed by atoms with Crippen molar-refractivity contribution in [1.82, 2.24) is 19.7 Å². The van der Waals surface area contributed by atoms with Crippen LogP contribution in [0.3, 0.4) is 0 Å². The van der Waals surface area contributed by atoms with Gasteiger partial charge in [-0.1, -0.05) is 24.3 Å². The van der Waals surface area contributed by atoms with E-state index < -0.39 is 5.60 Å². The summed E-state index contributed by atoms with van der Waals surface area (Å²) in [5.74, 6) is 1.29. The molecule has 0 bridgehead atoms. The van der Waals surface area contributed by atoms with E-state index in [1.807, 2.05) is 38.1 Å². The molecule has 1 aliphatic carbocycles. The van der Waals surface area contributed by atoms with Crippen LogP contribution >= 0.6 is 0 Å². The van der Waals surface area contributed by atoms with Gasteiger partial charge in [-0.05, 0) is 50.3 Å². The number of anilines is 1. The molecular weight excluding hydrogens is 326 g/mol. The van der Waals surface area contributed by atoms with Crippen molar-refractivity contribution in [1.29, 1.82) is 0 Å². The number of aliphatic hydroxyl groups is 1. The van der Waals surface area contributed by atoms with Gasteiger partial charge >= 0.3 is 0 Å². The molecule has 0 aliphatic heterocycles. The molecule has 3 aromatic rings. The van der Waals surface area contributed by atoms with Gasteiger partial charge in [-0.15, -0.1) is 0 Å². The third-order valence-corrected chi connectivity index (χ3v) is 4.97. The Morgan fingerprint density at radius 1 is 1.23 bits per heavy atom. The normalized spacial score (nSPS) is 19.2. The van der Waals surface area contributed by atoms with E-state index in [4.69, 9.17) is 0 Å². The second kappa shape index (κ2) is 6.53. The summed E-state index contributed by atoms with van der Waals surface area (Å²) >= 11 is 0. The molecule has 6 heteroatoms. The van der Waals surface area contributed by atoms with Gasteiger partial charge in [0.15, 0.2) is 5.82 Å². The Bertz CT molecular complexity index is 935. The maximum atomic E-state index is 11.2. The van der Waals surface area contributed by atoms with Crippen LogP contribution in [0.2, 0.25) is 0 Å². The van der Waals surface area contributed by atoms with E-state index in [9.17, 15) is 5.11 Å². The Kier molecular flexibility index (Phi) is 4.20. The Balaban J connectivity index is 1.56. The highest BCUT2D eigenvalue weighted by molar-refractivity contribution is 5.40. The van der Waals surface area contributed by atoms with E-state index >= 15 is 0 Å². The lowest BCUT2D eigenvalue weighted by Crippen LogP contribution is -2.37. The lowest BCUT2D eigenvalue weighted by Gasteiger charge is -2.34. The van der Waals surface area contributed by atoms with E-state index in [0.29, 0.717) is 18.2 Å². The van der Waals surface area contributed by atoms with E-state index in [2.05, 4.69) is 26.4 Å². The molecule has 2 aromatic heterocycles. The number of aryl methyl sites for hydroxylation is 3. The summed E-state index contributed by atoms with van der Waals surface area (Å²) in [7, 11) is 0. The zero-order valence-electron chi connectivity index (χ0n) is 15.1. The molecule has 0 saturated heterocycles. The lowest BCUT2D eigenvalue weighted by atomic mass is 9.79. The van der Waals surface area contributed by atoms with Gasteiger partial charge in [0.25, 0.3) is 0 Å². The molecular formula is C20H23N5O. The van der Waals surface area contributed by atoms with E-state index in [1.54, 1.807) is 17.1 Å². The van der Waals surface area contributed by atoms with Gasteiger partial charge in [-0.2, -0.15) is 5.10 Å². The minimum Gasteiger partial charge on any atom is -0.383 e. The molecule has 0 amide bonds. The van der Waals surface area contributed by atoms with Crippen LogP contribution in [0.25, 0.3) is 5.82 Å². The zero-order valence-corrected chi connectivity index (χ0v) is 15.1. The molecule has 1 atom stereocenters. The van der Waals surface area contributed by atoms with E-state index in [-0.39, 0.29) is 0 Å². The number of hydrogen-bond acceptors (Lipinski definition) is 5. The molecule has 4 rings (SSSR count). The molecule has 134 valence electrons. The molecule has 0 saturated carbocycles. The molecule has 2 N–H and O–H groups in total. The lowest BCUT2D eigenvalue weighted by molar-refractivity contribution is 0.0322. The highest BCUT2D eigenvalue weighted by Gasteiger charge is 2.34. The summed E-state index contributed by atoms with van der Waals surface area (Å²) in [5, 5.41) is 18.9. The number of benzene rings is 1. The van der Waals surface area contributed by atoms with Crippen molar-refractivity contribution < 1.29 is 5.11 Å². The Labute approximate surface area is 152 Å². The quantitative estimate of drug-likeness (QED) is 0.757. The van der Waals surface area contributed by atoms with Crippen LogP contribution in [-0.2, 0) is 12.0 Å². The SMILES string of the molecule is Cc1cc(C)n(-c2cncc(NCC3(O)CCCc4ccccc43)n2)n1. The molecule has 6 nitrogen and oxygen atoms in total. The Morgan fingerprint density at radius 3 is 2.88 bits per heavy atom. The van der Waals surface area contributed by atoms with Gasteiger partial charge in [0.05, 0.1) is 18.1 Å². The van der Waals surface area contributed by atoms with Crippen molar-refractivity contribution >= 4 is 5.82 Å². The number of hydrogen-bond donors (Lipinski definition) is 2. The van der Waals surface area contributed by atoms with Crippen LogP contribution in [0.4, 0.5) is 5.82 Å². The summed E-state index contributed by atoms with van der Waals surface area (Å²) in [6.45, 7) is 4.35. The minimum absolute atomic E-state index is 0.402. The number of nitrogens with zero attached hydrogens (tertiary/aromatic N) is 4. The van der Waals surface area contributed by atoms with Crippen molar-refractivity contribution in [3.8, 4) is 5.82 Å². The molecule has 1 aromatic carbocycles. The first-order chi connectivity index (χ1) is 12.5. The molecule has 0 radical (unpaired) electrons. The first-order valence-electron chi connectivity index (χ1n) is 8.95.